The van der Waals surface area contributed by atoms with Crippen LogP contribution in [-0.2, 0) is 12.8 Å². The van der Waals surface area contributed by atoms with Crippen molar-refractivity contribution in [2.45, 2.75) is 45.1 Å². The summed E-state index contributed by atoms with van der Waals surface area (Å²) in [7, 11) is 0. The Morgan fingerprint density at radius 3 is 2.79 bits per heavy atom. The molecule has 1 aromatic heterocycles. The Balaban J connectivity index is 1.94. The summed E-state index contributed by atoms with van der Waals surface area (Å²) in [6, 6.07) is 0. The Bertz CT molecular complexity index is 309. The van der Waals surface area contributed by atoms with E-state index in [4.69, 9.17) is 10.3 Å². The number of hydrogen-bond donors (Lipinski definition) is 1. The molecule has 1 aliphatic rings. The first kappa shape index (κ1) is 9.65. The van der Waals surface area contributed by atoms with E-state index in [2.05, 4.69) is 10.1 Å². The second-order valence-electron chi connectivity index (χ2n) is 4.92. The molecule has 2 N–H and O–H groups in total. The zero-order valence-electron chi connectivity index (χ0n) is 8.79. The highest BCUT2D eigenvalue weighted by atomic mass is 16.5. The molecule has 1 aromatic rings. The lowest BCUT2D eigenvalue weighted by molar-refractivity contribution is 0.344. The molecule has 0 atom stereocenters. The number of aromatic nitrogens is 2. The smallest absolute Gasteiger partial charge is 0.228 e. The number of hydrogen-bond acceptors (Lipinski definition) is 4. The van der Waals surface area contributed by atoms with Gasteiger partial charge in [0.1, 0.15) is 0 Å². The Morgan fingerprint density at radius 2 is 2.21 bits per heavy atom. The van der Waals surface area contributed by atoms with Crippen LogP contribution in [0.2, 0.25) is 0 Å². The van der Waals surface area contributed by atoms with Crippen molar-refractivity contribution in [1.82, 2.24) is 10.1 Å². The molecule has 0 amide bonds. The first-order valence-corrected chi connectivity index (χ1v) is 5.13. The van der Waals surface area contributed by atoms with E-state index in [0.717, 1.165) is 18.2 Å². The molecule has 1 heterocycles. The molecule has 1 saturated carbocycles. The largest absolute Gasteiger partial charge is 0.339 e. The topological polar surface area (TPSA) is 64.9 Å². The van der Waals surface area contributed by atoms with Crippen LogP contribution in [-0.4, -0.2) is 15.7 Å². The van der Waals surface area contributed by atoms with E-state index < -0.39 is 0 Å². The highest BCUT2D eigenvalue weighted by Crippen LogP contribution is 2.31. The van der Waals surface area contributed by atoms with Gasteiger partial charge in [-0.1, -0.05) is 5.16 Å². The van der Waals surface area contributed by atoms with Crippen LogP contribution < -0.4 is 5.73 Å². The Labute approximate surface area is 83.9 Å². The summed E-state index contributed by atoms with van der Waals surface area (Å²) in [5.41, 5.74) is 5.59. The van der Waals surface area contributed by atoms with Gasteiger partial charge in [0.25, 0.3) is 0 Å². The molecular weight excluding hydrogens is 178 g/mol. The van der Waals surface area contributed by atoms with E-state index >= 15 is 0 Å². The van der Waals surface area contributed by atoms with Crippen LogP contribution in [0.25, 0.3) is 0 Å². The summed E-state index contributed by atoms with van der Waals surface area (Å²) in [6.07, 6.45) is 4.23. The monoisotopic (exact) mass is 195 g/mol. The predicted molar refractivity (Wildman–Crippen MR) is 52.7 cm³/mol. The van der Waals surface area contributed by atoms with Gasteiger partial charge in [0.15, 0.2) is 5.82 Å². The maximum atomic E-state index is 5.86. The molecule has 0 unspecified atom stereocenters. The zero-order chi connectivity index (χ0) is 10.2. The van der Waals surface area contributed by atoms with E-state index in [0.29, 0.717) is 12.3 Å². The quantitative estimate of drug-likeness (QED) is 0.786. The van der Waals surface area contributed by atoms with Gasteiger partial charge in [-0.15, -0.1) is 0 Å². The fraction of sp³-hybridized carbons (Fsp3) is 0.800. The average Bonchev–Trinajstić information content (AvgIpc) is 2.71. The molecule has 1 aliphatic carbocycles. The number of rotatable bonds is 4. The summed E-state index contributed by atoms with van der Waals surface area (Å²) in [5, 5.41) is 3.94. The summed E-state index contributed by atoms with van der Waals surface area (Å²) in [4.78, 5) is 4.32. The molecule has 2 rings (SSSR count). The van der Waals surface area contributed by atoms with Crippen molar-refractivity contribution in [3.63, 3.8) is 0 Å². The normalized spacial score (nSPS) is 17.4. The van der Waals surface area contributed by atoms with Crippen molar-refractivity contribution in [2.75, 3.05) is 0 Å². The van der Waals surface area contributed by atoms with Gasteiger partial charge in [-0.05, 0) is 32.6 Å². The van der Waals surface area contributed by atoms with E-state index in [1.54, 1.807) is 0 Å². The van der Waals surface area contributed by atoms with Gasteiger partial charge in [0, 0.05) is 18.4 Å². The van der Waals surface area contributed by atoms with Crippen LogP contribution in [0.1, 0.15) is 38.4 Å². The van der Waals surface area contributed by atoms with Gasteiger partial charge in [0.2, 0.25) is 5.89 Å². The summed E-state index contributed by atoms with van der Waals surface area (Å²) in [5.74, 6) is 2.30. The molecule has 1 fully saturated rings. The van der Waals surface area contributed by atoms with Crippen molar-refractivity contribution in [1.29, 1.82) is 0 Å². The van der Waals surface area contributed by atoms with Crippen LogP contribution in [0.15, 0.2) is 4.52 Å². The number of nitrogens with zero attached hydrogens (tertiary/aromatic N) is 2. The van der Waals surface area contributed by atoms with E-state index in [1.807, 2.05) is 13.8 Å². The van der Waals surface area contributed by atoms with E-state index in [1.165, 1.54) is 12.8 Å². The van der Waals surface area contributed by atoms with Gasteiger partial charge < -0.3 is 10.3 Å². The molecule has 4 nitrogen and oxygen atoms in total. The van der Waals surface area contributed by atoms with Gasteiger partial charge in [-0.2, -0.15) is 4.98 Å². The first-order valence-electron chi connectivity index (χ1n) is 5.13. The Morgan fingerprint density at radius 1 is 1.50 bits per heavy atom. The van der Waals surface area contributed by atoms with Crippen molar-refractivity contribution in [3.05, 3.63) is 11.7 Å². The first-order chi connectivity index (χ1) is 6.53. The van der Waals surface area contributed by atoms with Crippen LogP contribution in [0, 0.1) is 5.92 Å². The lowest BCUT2D eigenvalue weighted by Gasteiger charge is -2.14. The SMILES string of the molecule is CC(C)(N)Cc1nc(CC2CC2)no1. The predicted octanol–water partition coefficient (Wildman–Crippen LogP) is 1.30. The van der Waals surface area contributed by atoms with E-state index in [9.17, 15) is 0 Å². The summed E-state index contributed by atoms with van der Waals surface area (Å²) in [6.45, 7) is 3.91. The molecular formula is C10H17N3O. The fourth-order valence-corrected chi connectivity index (χ4v) is 1.41. The van der Waals surface area contributed by atoms with Gasteiger partial charge in [0.05, 0.1) is 0 Å². The second kappa shape index (κ2) is 3.35. The van der Waals surface area contributed by atoms with Crippen molar-refractivity contribution >= 4 is 0 Å². The standard InChI is InChI=1S/C10H17N3O/c1-10(2,11)6-9-12-8(13-14-9)5-7-3-4-7/h7H,3-6,11H2,1-2H3. The molecule has 4 heteroatoms. The minimum Gasteiger partial charge on any atom is -0.339 e. The number of nitrogens with two attached hydrogens (primary N) is 1. The third kappa shape index (κ3) is 2.80. The van der Waals surface area contributed by atoms with E-state index in [-0.39, 0.29) is 5.54 Å². The molecule has 0 spiro atoms. The van der Waals surface area contributed by atoms with Crippen LogP contribution in [0.4, 0.5) is 0 Å². The van der Waals surface area contributed by atoms with Crippen molar-refractivity contribution in [2.24, 2.45) is 11.7 Å². The lowest BCUT2D eigenvalue weighted by atomic mass is 10.0. The maximum Gasteiger partial charge on any atom is 0.228 e. The maximum absolute atomic E-state index is 5.86. The minimum atomic E-state index is -0.274. The van der Waals surface area contributed by atoms with Gasteiger partial charge in [-0.25, -0.2) is 0 Å². The highest BCUT2D eigenvalue weighted by molar-refractivity contribution is 4.95. The molecule has 0 radical (unpaired) electrons. The minimum absolute atomic E-state index is 0.274. The molecule has 0 aromatic carbocycles. The fourth-order valence-electron chi connectivity index (χ4n) is 1.41. The average molecular weight is 195 g/mol. The molecule has 78 valence electrons. The highest BCUT2D eigenvalue weighted by Gasteiger charge is 2.24. The summed E-state index contributed by atoms with van der Waals surface area (Å²) >= 11 is 0. The van der Waals surface area contributed by atoms with Crippen molar-refractivity contribution < 1.29 is 4.52 Å². The second-order valence-corrected chi connectivity index (χ2v) is 4.92. The Kier molecular flexibility index (Phi) is 2.31. The van der Waals surface area contributed by atoms with Gasteiger partial charge in [-0.3, -0.25) is 0 Å². The molecule has 14 heavy (non-hydrogen) atoms. The van der Waals surface area contributed by atoms with Gasteiger partial charge >= 0.3 is 0 Å². The van der Waals surface area contributed by atoms with Crippen molar-refractivity contribution in [3.8, 4) is 0 Å². The molecule has 0 aliphatic heterocycles. The summed E-state index contributed by atoms with van der Waals surface area (Å²) < 4.78 is 5.13. The Hall–Kier alpha value is -0.900. The third-order valence-electron chi connectivity index (χ3n) is 2.29. The lowest BCUT2D eigenvalue weighted by Crippen LogP contribution is -2.34. The van der Waals surface area contributed by atoms with Crippen LogP contribution in [0.3, 0.4) is 0 Å². The molecule has 0 bridgehead atoms. The zero-order valence-corrected chi connectivity index (χ0v) is 8.79. The molecule has 0 saturated heterocycles. The van der Waals surface area contributed by atoms with Crippen LogP contribution in [0.5, 0.6) is 0 Å². The van der Waals surface area contributed by atoms with Crippen LogP contribution >= 0.6 is 0 Å². The third-order valence-corrected chi connectivity index (χ3v) is 2.29.